The third-order valence-corrected chi connectivity index (χ3v) is 25.2. The number of β-amino-alcohol motifs (C(OH)–C–C–N with tert-alkyl or cyclic N) is 1. The molecule has 0 unspecified atom stereocenters. The Hall–Kier alpha value is -7.00. The predicted molar refractivity (Wildman–Crippen MR) is 419 cm³/mol. The van der Waals surface area contributed by atoms with E-state index in [9.17, 15) is 19.5 Å². The van der Waals surface area contributed by atoms with E-state index in [0.29, 0.717) is 61.7 Å². The van der Waals surface area contributed by atoms with Crippen molar-refractivity contribution in [1.82, 2.24) is 55.4 Å². The number of nitrogens with zero attached hydrogens (tertiary/aromatic N) is 10. The van der Waals surface area contributed by atoms with Gasteiger partial charge in [-0.25, -0.2) is 4.98 Å². The molecule has 3 aliphatic rings. The van der Waals surface area contributed by atoms with Crippen LogP contribution in [-0.2, 0) is 28.7 Å². The third kappa shape index (κ3) is 18.9. The maximum Gasteiger partial charge on any atom is 0.247 e. The molecule has 3 aromatic carbocycles. The summed E-state index contributed by atoms with van der Waals surface area (Å²) in [7, 11) is 0. The minimum Gasteiger partial charge on any atom is -0.391 e. The van der Waals surface area contributed by atoms with Gasteiger partial charge in [-0.2, -0.15) is 11.8 Å². The molecule has 4 amide bonds. The molecular weight excluding hydrogens is 1430 g/mol. The fourth-order valence-electron chi connectivity index (χ4n) is 13.8. The van der Waals surface area contributed by atoms with Crippen LogP contribution < -0.4 is 16.0 Å². The lowest BCUT2D eigenvalue weighted by atomic mass is 9.99. The van der Waals surface area contributed by atoms with Crippen molar-refractivity contribution in [1.29, 1.82) is 0 Å². The summed E-state index contributed by atoms with van der Waals surface area (Å²) in [6.07, 6.45) is 9.63. The maximum atomic E-state index is 15.1. The van der Waals surface area contributed by atoms with Gasteiger partial charge in [-0.1, -0.05) is 104 Å². The summed E-state index contributed by atoms with van der Waals surface area (Å²) in [5.74, 6) is 2.69. The number of aliphatic hydroxyl groups is 1. The van der Waals surface area contributed by atoms with Gasteiger partial charge in [0, 0.05) is 106 Å². The molecule has 20 nitrogen and oxygen atoms in total. The average molecular weight is 1530 g/mol. The number of carbonyl (C=O) groups is 4. The van der Waals surface area contributed by atoms with Crippen LogP contribution in [0.3, 0.4) is 0 Å². The number of hydrogen-bond donors (Lipinski definition) is 4. The number of carbonyl (C=O) groups excluding carboxylic acids is 4. The number of benzene rings is 3. The second kappa shape index (κ2) is 36.1. The molecule has 5 aromatic heterocycles. The van der Waals surface area contributed by atoms with Gasteiger partial charge in [-0.15, -0.1) is 54.4 Å². The second-order valence-corrected chi connectivity index (χ2v) is 33.9. The zero-order chi connectivity index (χ0) is 73.8. The van der Waals surface area contributed by atoms with E-state index < -0.39 is 29.0 Å². The first-order valence-electron chi connectivity index (χ1n) is 36.4. The number of thiophene rings is 2. The molecule has 0 bridgehead atoms. The highest BCUT2D eigenvalue weighted by Crippen LogP contribution is 2.43. The Balaban J connectivity index is 0.620. The molecule has 554 valence electrons. The van der Waals surface area contributed by atoms with Gasteiger partial charge in [-0.05, 0) is 160 Å². The molecule has 8 aromatic rings. The molecule has 8 heterocycles. The number of aliphatic hydroxyl groups excluding tert-OH is 1. The Kier molecular flexibility index (Phi) is 27.1. The Morgan fingerprint density at radius 1 is 0.644 bits per heavy atom. The minimum atomic E-state index is -0.972. The number of nitrogens with one attached hydrogen (secondary N) is 3. The van der Waals surface area contributed by atoms with Gasteiger partial charge < -0.3 is 35.4 Å². The van der Waals surface area contributed by atoms with Crippen LogP contribution in [0.2, 0.25) is 10.0 Å². The quantitative estimate of drug-likeness (QED) is 0.0270. The van der Waals surface area contributed by atoms with Crippen molar-refractivity contribution in [3.05, 3.63) is 166 Å². The Labute approximate surface area is 637 Å². The largest absolute Gasteiger partial charge is 0.391 e. The van der Waals surface area contributed by atoms with Crippen molar-refractivity contribution in [2.45, 2.75) is 207 Å². The Morgan fingerprint density at radius 2 is 1.17 bits per heavy atom. The summed E-state index contributed by atoms with van der Waals surface area (Å²) in [5.41, 5.74) is 12.9. The van der Waals surface area contributed by atoms with Crippen LogP contribution in [-0.4, -0.2) is 148 Å². The summed E-state index contributed by atoms with van der Waals surface area (Å²) < 4.78 is 15.7. The zero-order valence-corrected chi connectivity index (χ0v) is 66.1. The van der Waals surface area contributed by atoms with Crippen molar-refractivity contribution in [3.8, 4) is 20.4 Å². The first-order valence-corrected chi connectivity index (χ1v) is 40.7. The van der Waals surface area contributed by atoms with Crippen molar-refractivity contribution >= 4 is 104 Å². The number of fused-ring (bicyclic) bond motifs is 6. The van der Waals surface area contributed by atoms with Crippen LogP contribution in [0.1, 0.15) is 213 Å². The van der Waals surface area contributed by atoms with Crippen molar-refractivity contribution < 1.29 is 33.8 Å². The number of aliphatic imine (C=N–C) groups is 2. The molecule has 26 heteroatoms. The Bertz CT molecular complexity index is 4350. The van der Waals surface area contributed by atoms with Gasteiger partial charge in [0.1, 0.15) is 45.8 Å². The number of aromatic nitrogens is 7. The highest BCUT2D eigenvalue weighted by Gasteiger charge is 2.46. The summed E-state index contributed by atoms with van der Waals surface area (Å²) >= 11 is 19.3. The van der Waals surface area contributed by atoms with E-state index in [1.807, 2.05) is 120 Å². The zero-order valence-electron chi connectivity index (χ0n) is 61.3. The number of ether oxygens (including phenoxy) is 2. The number of aryl methyl sites for hydroxylation is 5. The number of thioether (sulfide) groups is 1. The molecule has 0 saturated carbocycles. The van der Waals surface area contributed by atoms with Crippen LogP contribution in [0.4, 0.5) is 0 Å². The highest BCUT2D eigenvalue weighted by atomic mass is 35.5. The second-order valence-electron chi connectivity index (χ2n) is 28.0. The number of amides is 4. The van der Waals surface area contributed by atoms with Gasteiger partial charge in [0.05, 0.1) is 46.1 Å². The monoisotopic (exact) mass is 1530 g/mol. The number of hydrogen-bond acceptors (Lipinski definition) is 18. The number of likely N-dealkylation sites (tertiary alicyclic amines) is 1. The standard InChI is InChI=1S/C78H97Cl2N13O7S4/c1-46-50(5)103-76-66(46)68(55-27-31-58(79)32-28-55)84-61(72-89-87-52(7)92(72)76)35-40-100-39-19-13-14-21-41-102-78(9,10)71(75(98)91-44-60(94)42-63(91)74(97)83-48(3)54-23-25-57(26-24-54)70-49(4)82-45-101-70)86-64(95)22-16-15-20-38-99-37-18-12-11-17-36-81-65(96)43-62-73-90-88-53(8)93(73)77-67(47(2)51(6)104-77)69(85-62)56-29-33-59(80)34-30-56/h23-34,45,48,60-63,71,94H,11-22,35-44H2,1-10H3,(H,81,96)(H,83,97)(H,86,95)/t48-,60+,61-,62-,63-,71+/m0/s1. The maximum absolute atomic E-state index is 15.1. The molecule has 0 radical (unpaired) electrons. The number of thiazole rings is 1. The molecule has 4 N–H and O–H groups in total. The molecular formula is C78H97Cl2N13O7S4. The molecule has 3 aliphatic heterocycles. The van der Waals surface area contributed by atoms with Gasteiger partial charge in [0.25, 0.3) is 0 Å². The summed E-state index contributed by atoms with van der Waals surface area (Å²) in [5, 5.41) is 42.0. The Morgan fingerprint density at radius 3 is 1.75 bits per heavy atom. The van der Waals surface area contributed by atoms with Crippen LogP contribution in [0.25, 0.3) is 20.4 Å². The van der Waals surface area contributed by atoms with Crippen LogP contribution in [0, 0.1) is 48.5 Å². The fourth-order valence-corrected chi connectivity index (χ4v) is 18.4. The molecule has 0 spiro atoms. The molecule has 1 saturated heterocycles. The van der Waals surface area contributed by atoms with Gasteiger partial charge in [0.15, 0.2) is 11.6 Å². The van der Waals surface area contributed by atoms with Crippen LogP contribution >= 0.6 is 69.0 Å². The number of unbranched alkanes of at least 4 members (excludes halogenated alkanes) is 8. The van der Waals surface area contributed by atoms with Crippen molar-refractivity contribution in [2.75, 3.05) is 45.3 Å². The third-order valence-electron chi connectivity index (χ3n) is 19.9. The summed E-state index contributed by atoms with van der Waals surface area (Å²) in [6, 6.07) is 20.5. The molecule has 104 heavy (non-hydrogen) atoms. The van der Waals surface area contributed by atoms with Gasteiger partial charge >= 0.3 is 0 Å². The lowest BCUT2D eigenvalue weighted by molar-refractivity contribution is -0.142. The van der Waals surface area contributed by atoms with Gasteiger partial charge in [-0.3, -0.25) is 38.3 Å². The van der Waals surface area contributed by atoms with E-state index in [1.165, 1.54) is 20.2 Å². The lowest BCUT2D eigenvalue weighted by Crippen LogP contribution is -2.60. The fraction of sp³-hybridized carbons (Fsp3) is 0.500. The smallest absolute Gasteiger partial charge is 0.247 e. The highest BCUT2D eigenvalue weighted by molar-refractivity contribution is 8.00. The van der Waals surface area contributed by atoms with Crippen LogP contribution in [0.15, 0.2) is 88.3 Å². The normalized spacial score (nSPS) is 16.9. The first-order chi connectivity index (χ1) is 50.1. The SMILES string of the molecule is Cc1ncsc1-c1ccc([C@H](C)NC(=O)[C@@H]2C[C@@H](O)CN2C(=O)[C@@H](NC(=O)CCCCCOCCCCCCNC(=O)C[C@@H]2N=C(c3ccc(Cl)cc3)c3c(sc(C)c3C)-n3c(C)nnc32)C(C)(C)SCCCCCCOCC[C@@H]2N=C(c3ccc(Cl)cc3)c3c(sc(C)c3C)-n3c(C)nnc32)cc1. The van der Waals surface area contributed by atoms with Crippen molar-refractivity contribution in [3.63, 3.8) is 0 Å². The molecule has 1 fully saturated rings. The van der Waals surface area contributed by atoms with Gasteiger partial charge in [0.2, 0.25) is 23.6 Å². The van der Waals surface area contributed by atoms with E-state index in [0.717, 1.165) is 158 Å². The minimum absolute atomic E-state index is 0.0228. The number of rotatable bonds is 35. The van der Waals surface area contributed by atoms with E-state index in [2.05, 4.69) is 78.2 Å². The first kappa shape index (κ1) is 78.1. The van der Waals surface area contributed by atoms with E-state index in [4.69, 9.17) is 42.7 Å². The average Bonchev–Trinajstić information content (AvgIpc) is 1.60. The summed E-state index contributed by atoms with van der Waals surface area (Å²) in [6.45, 7) is 23.1. The van der Waals surface area contributed by atoms with E-state index in [1.54, 1.807) is 45.8 Å². The summed E-state index contributed by atoms with van der Waals surface area (Å²) in [4.78, 5) is 76.8. The number of halogens is 2. The lowest BCUT2D eigenvalue weighted by Gasteiger charge is -2.37. The predicted octanol–water partition coefficient (Wildman–Crippen LogP) is 15.5. The molecule has 0 aliphatic carbocycles. The van der Waals surface area contributed by atoms with Crippen LogP contribution in [0.5, 0.6) is 0 Å². The van der Waals surface area contributed by atoms with Crippen molar-refractivity contribution in [2.24, 2.45) is 9.98 Å². The van der Waals surface area contributed by atoms with E-state index >= 15 is 4.79 Å². The van der Waals surface area contributed by atoms with E-state index in [-0.39, 0.29) is 61.5 Å². The molecule has 6 atom stereocenters. The topological polar surface area (TPSA) is 245 Å². The molecule has 11 rings (SSSR count).